The zero-order valence-corrected chi connectivity index (χ0v) is 45.4. The number of ether oxygens (including phenoxy) is 3. The van der Waals surface area contributed by atoms with E-state index < -0.39 is 22.4 Å². The number of rotatable bonds is 23. The van der Waals surface area contributed by atoms with Crippen LogP contribution in [0, 0.1) is 23.7 Å². The Labute approximate surface area is 393 Å². The summed E-state index contributed by atoms with van der Waals surface area (Å²) in [6.07, 6.45) is 5.88. The van der Waals surface area contributed by atoms with Crippen molar-refractivity contribution in [1.29, 1.82) is 0 Å². The van der Waals surface area contributed by atoms with Gasteiger partial charge in [-0.1, -0.05) is 167 Å². The van der Waals surface area contributed by atoms with Crippen molar-refractivity contribution in [2.24, 2.45) is 28.8 Å². The predicted octanol–water partition coefficient (Wildman–Crippen LogP) is 12.9. The molecular weight excluding hydrogens is 825 g/mol. The van der Waals surface area contributed by atoms with Gasteiger partial charge in [-0.3, -0.25) is 0 Å². The maximum atomic E-state index is 7.45. The Morgan fingerprint density at radius 1 is 0.797 bits per heavy atom. The van der Waals surface area contributed by atoms with Gasteiger partial charge in [0.1, 0.15) is 0 Å². The predicted molar refractivity (Wildman–Crippen MR) is 276 cm³/mol. The number of hydrogen-bond acceptors (Lipinski definition) is 7. The van der Waals surface area contributed by atoms with E-state index in [0.717, 1.165) is 45.1 Å². The van der Waals surface area contributed by atoms with Crippen LogP contribution in [0.1, 0.15) is 134 Å². The third kappa shape index (κ3) is 14.7. The van der Waals surface area contributed by atoms with Crippen LogP contribution in [-0.4, -0.2) is 78.3 Å². The molecule has 1 fully saturated rings. The Bertz CT molecular complexity index is 1790. The zero-order valence-electron chi connectivity index (χ0n) is 43.4. The summed E-state index contributed by atoms with van der Waals surface area (Å²) in [4.78, 5) is 0. The molecule has 0 radical (unpaired) electrons. The minimum absolute atomic E-state index is 0.0399. The summed E-state index contributed by atoms with van der Waals surface area (Å²) in [7, 11) is -0.624. The first-order valence-corrected chi connectivity index (χ1v) is 29.4. The van der Waals surface area contributed by atoms with Gasteiger partial charge < -0.3 is 28.1 Å². The van der Waals surface area contributed by atoms with E-state index in [1.165, 1.54) is 21.6 Å². The molecular formula is C55H90N2O5Si2. The van der Waals surface area contributed by atoms with Crippen molar-refractivity contribution in [1.82, 2.24) is 5.01 Å². The molecule has 3 aromatic rings. The molecule has 358 valence electrons. The second-order valence-electron chi connectivity index (χ2n) is 22.3. The second kappa shape index (κ2) is 23.4. The van der Waals surface area contributed by atoms with Gasteiger partial charge in [0.15, 0.2) is 14.1 Å². The van der Waals surface area contributed by atoms with Crippen LogP contribution in [0.5, 0.6) is 0 Å². The topological polar surface area (TPSA) is 61.8 Å². The van der Waals surface area contributed by atoms with E-state index in [1.54, 1.807) is 0 Å². The fourth-order valence-electron chi connectivity index (χ4n) is 9.37. The largest absolute Gasteiger partial charge is 0.414 e. The molecule has 0 aliphatic carbocycles. The highest BCUT2D eigenvalue weighted by Gasteiger charge is 2.51. The Balaban J connectivity index is 1.49. The minimum atomic E-state index is -2.64. The molecule has 9 heteroatoms. The Morgan fingerprint density at radius 2 is 1.34 bits per heavy atom. The molecule has 64 heavy (non-hydrogen) atoms. The summed E-state index contributed by atoms with van der Waals surface area (Å²) in [5.41, 5.74) is 2.37. The van der Waals surface area contributed by atoms with Gasteiger partial charge in [0, 0.05) is 38.2 Å². The lowest BCUT2D eigenvalue weighted by Gasteiger charge is -2.47. The Morgan fingerprint density at radius 3 is 1.84 bits per heavy atom. The van der Waals surface area contributed by atoms with E-state index in [9.17, 15) is 0 Å². The number of nitrogens with zero attached hydrogens (tertiary/aromatic N) is 2. The van der Waals surface area contributed by atoms with E-state index in [-0.39, 0.29) is 46.3 Å². The van der Waals surface area contributed by atoms with Crippen molar-refractivity contribution in [2.75, 3.05) is 20.7 Å². The van der Waals surface area contributed by atoms with E-state index in [4.69, 9.17) is 28.2 Å². The average molecular weight is 916 g/mol. The smallest absolute Gasteiger partial charge is 0.261 e. The summed E-state index contributed by atoms with van der Waals surface area (Å²) >= 11 is 0. The van der Waals surface area contributed by atoms with E-state index >= 15 is 0 Å². The number of hydrazone groups is 1. The third-order valence-electron chi connectivity index (χ3n) is 14.4. The summed E-state index contributed by atoms with van der Waals surface area (Å²) in [6, 6.07) is 32.5. The summed E-state index contributed by atoms with van der Waals surface area (Å²) in [6.45, 7) is 35.9. The van der Waals surface area contributed by atoms with E-state index in [2.05, 4.69) is 194 Å². The molecule has 0 aromatic heterocycles. The van der Waals surface area contributed by atoms with Gasteiger partial charge in [-0.05, 0) is 104 Å². The molecule has 1 heterocycles. The number of hydrogen-bond donors (Lipinski definition) is 0. The lowest BCUT2D eigenvalue weighted by Crippen LogP contribution is -2.66. The van der Waals surface area contributed by atoms with E-state index in [0.29, 0.717) is 18.4 Å². The minimum Gasteiger partial charge on any atom is -0.414 e. The first kappa shape index (κ1) is 54.0. The van der Waals surface area contributed by atoms with Crippen molar-refractivity contribution >= 4 is 32.7 Å². The average Bonchev–Trinajstić information content (AvgIpc) is 3.23. The van der Waals surface area contributed by atoms with E-state index in [1.807, 2.05) is 19.1 Å². The van der Waals surface area contributed by atoms with Gasteiger partial charge in [0.25, 0.3) is 8.32 Å². The Hall–Kier alpha value is -2.64. The lowest BCUT2D eigenvalue weighted by atomic mass is 9.81. The summed E-state index contributed by atoms with van der Waals surface area (Å²) in [5, 5.41) is 9.86. The molecule has 1 aliphatic heterocycles. The third-order valence-corrected chi connectivity index (χ3v) is 23.9. The molecule has 1 saturated heterocycles. The molecule has 8 atom stereocenters. The van der Waals surface area contributed by atoms with Crippen LogP contribution in [0.3, 0.4) is 0 Å². The maximum absolute atomic E-state index is 7.45. The monoisotopic (exact) mass is 915 g/mol. The van der Waals surface area contributed by atoms with Crippen molar-refractivity contribution < 1.29 is 23.1 Å². The first-order chi connectivity index (χ1) is 29.9. The molecule has 7 nitrogen and oxygen atoms in total. The molecule has 1 aliphatic rings. The van der Waals surface area contributed by atoms with Gasteiger partial charge in [-0.25, -0.2) is 0 Å². The fraction of sp³-hybridized carbons (Fsp3) is 0.655. The van der Waals surface area contributed by atoms with Gasteiger partial charge in [-0.2, -0.15) is 5.10 Å². The highest BCUT2D eigenvalue weighted by molar-refractivity contribution is 6.99. The maximum Gasteiger partial charge on any atom is 0.261 e. The van der Waals surface area contributed by atoms with Crippen LogP contribution in [0.25, 0.3) is 0 Å². The summed E-state index contributed by atoms with van der Waals surface area (Å²) < 4.78 is 34.9. The molecule has 4 rings (SSSR count). The molecule has 0 bridgehead atoms. The second-order valence-corrected chi connectivity index (χ2v) is 31.4. The van der Waals surface area contributed by atoms with Gasteiger partial charge in [0.2, 0.25) is 0 Å². The van der Waals surface area contributed by atoms with Crippen LogP contribution in [-0.2, 0) is 29.7 Å². The fourth-order valence-corrected chi connectivity index (χ4v) is 15.5. The lowest BCUT2D eigenvalue weighted by molar-refractivity contribution is -0.324. The van der Waals surface area contributed by atoms with Crippen molar-refractivity contribution in [3.05, 3.63) is 96.6 Å². The van der Waals surface area contributed by atoms with Crippen LogP contribution in [0.2, 0.25) is 23.2 Å². The van der Waals surface area contributed by atoms with Gasteiger partial charge in [-0.15, -0.1) is 0 Å². The SMILES string of the molecule is CC[C@H](CC[C@@H]1OC(C)(C)O[C@@H]([C@@H](C)/C(CC[C@H](C)[C@H](C[C@@H](C)OCc2ccccc2)O[Si](C)(C)C(C)(C)C)=N/N(C)C)[C@@H]1C)CO[Si](c1ccccc1)(c1ccccc1)C(C)(C)C. The first-order valence-electron chi connectivity index (χ1n) is 24.6. The van der Waals surface area contributed by atoms with Crippen LogP contribution >= 0.6 is 0 Å². The molecule has 0 N–H and O–H groups in total. The van der Waals surface area contributed by atoms with Crippen molar-refractivity contribution in [2.45, 2.75) is 189 Å². The quantitative estimate of drug-likeness (QED) is 0.0537. The number of benzene rings is 3. The van der Waals surface area contributed by atoms with Crippen LogP contribution < -0.4 is 10.4 Å². The molecule has 0 amide bonds. The van der Waals surface area contributed by atoms with Crippen molar-refractivity contribution in [3.8, 4) is 0 Å². The van der Waals surface area contributed by atoms with Gasteiger partial charge >= 0.3 is 0 Å². The zero-order chi connectivity index (χ0) is 47.5. The normalized spacial score (nSPS) is 21.2. The molecule has 0 spiro atoms. The highest BCUT2D eigenvalue weighted by Crippen LogP contribution is 2.42. The van der Waals surface area contributed by atoms with Crippen LogP contribution in [0.15, 0.2) is 96.1 Å². The highest BCUT2D eigenvalue weighted by atomic mass is 28.4. The van der Waals surface area contributed by atoms with Gasteiger partial charge in [0.05, 0.1) is 31.0 Å². The molecule has 0 saturated carbocycles. The summed E-state index contributed by atoms with van der Waals surface area (Å²) in [5.74, 6) is 0.284. The van der Waals surface area contributed by atoms with Crippen LogP contribution in [0.4, 0.5) is 0 Å². The Kier molecular flexibility index (Phi) is 19.7. The molecule has 3 aromatic carbocycles. The van der Waals surface area contributed by atoms with Crippen molar-refractivity contribution in [3.63, 3.8) is 0 Å². The standard InChI is InChI=1S/C55H90N2O5Si2/c1-18-45(40-59-64(54(9,10)11,47-30-24-20-25-31-47)48-32-26-21-27-33-48)35-37-50-44(5)52(61-55(12,13)60-50)43(4)49(56-57(14)15)36-34-41(2)51(62-63(16,17)53(6,7)8)38-42(3)58-39-46-28-22-19-23-29-46/h19-33,41-45,50-52H,18,34-40H2,1-17H3/b56-49+/t41-,42+,43-,44+,45+,50-,51-,52-/m0/s1. The molecule has 0 unspecified atom stereocenters.